The van der Waals surface area contributed by atoms with Crippen molar-refractivity contribution in [1.29, 1.82) is 0 Å². The van der Waals surface area contributed by atoms with Crippen LogP contribution in [-0.4, -0.2) is 82.5 Å². The average molecular weight is 529 g/mol. The fourth-order valence-corrected chi connectivity index (χ4v) is 5.98. The van der Waals surface area contributed by atoms with E-state index in [1.807, 2.05) is 0 Å². The molecule has 1 saturated carbocycles. The van der Waals surface area contributed by atoms with Gasteiger partial charge in [-0.15, -0.1) is 0 Å². The van der Waals surface area contributed by atoms with Gasteiger partial charge in [-0.2, -0.15) is 0 Å². The third-order valence-corrected chi connectivity index (χ3v) is 8.51. The number of allylic oxidation sites excluding steroid dienone is 4. The molecule has 2 aliphatic carbocycles. The number of fused-ring (bicyclic) bond motifs is 2. The van der Waals surface area contributed by atoms with Gasteiger partial charge in [-0.25, -0.2) is 19.9 Å². The fraction of sp³-hybridized carbons (Fsp3) is 0.429. The molecule has 4 atom stereocenters. The topological polar surface area (TPSA) is 151 Å². The fourth-order valence-electron chi connectivity index (χ4n) is 5.98. The molecule has 3 aliphatic rings. The molecular weight excluding hydrogens is 496 g/mol. The van der Waals surface area contributed by atoms with Crippen LogP contribution in [0.25, 0.3) is 27.8 Å². The van der Waals surface area contributed by atoms with E-state index in [1.54, 1.807) is 4.57 Å². The van der Waals surface area contributed by atoms with E-state index in [4.69, 9.17) is 15.5 Å². The van der Waals surface area contributed by atoms with Crippen LogP contribution in [0.2, 0.25) is 0 Å². The van der Waals surface area contributed by atoms with Crippen molar-refractivity contribution in [2.24, 2.45) is 5.92 Å². The molecule has 2 fully saturated rings. The van der Waals surface area contributed by atoms with Crippen molar-refractivity contribution < 1.29 is 14.9 Å². The number of imidazole rings is 2. The lowest BCUT2D eigenvalue weighted by Gasteiger charge is -2.42. The Morgan fingerprint density at radius 1 is 1.18 bits per heavy atom. The molecule has 3 aromatic heterocycles. The SMILES string of the molecule is CN(C[C@H]1O[C@@H](n2cnc3c(N)ncnc32)[C@H](O)[C@@H]1O)C1CC(CCc2nc3cc(C4=CC=C4)ccc3[nH]2)C1. The predicted octanol–water partition coefficient (Wildman–Crippen LogP) is 2.20. The zero-order valence-corrected chi connectivity index (χ0v) is 21.7. The summed E-state index contributed by atoms with van der Waals surface area (Å²) in [5.41, 5.74) is 11.4. The van der Waals surface area contributed by atoms with Crippen LogP contribution in [-0.2, 0) is 11.2 Å². The maximum Gasteiger partial charge on any atom is 0.167 e. The largest absolute Gasteiger partial charge is 0.387 e. The third-order valence-electron chi connectivity index (χ3n) is 8.51. The number of aromatic nitrogens is 6. The number of H-pyrrole nitrogens is 1. The quantitative estimate of drug-likeness (QED) is 0.270. The number of nitrogens with zero attached hydrogens (tertiary/aromatic N) is 6. The summed E-state index contributed by atoms with van der Waals surface area (Å²) in [6.07, 6.45) is 9.92. The molecule has 4 heterocycles. The Kier molecular flexibility index (Phi) is 5.96. The van der Waals surface area contributed by atoms with E-state index < -0.39 is 24.5 Å². The van der Waals surface area contributed by atoms with E-state index >= 15 is 0 Å². The Bertz CT molecular complexity index is 1590. The molecule has 0 unspecified atom stereocenters. The number of nitrogens with two attached hydrogens (primary N) is 1. The summed E-state index contributed by atoms with van der Waals surface area (Å²) >= 11 is 0. The molecule has 4 aromatic rings. The number of aliphatic hydroxyl groups excluding tert-OH is 2. The number of hydrogen-bond donors (Lipinski definition) is 4. The maximum absolute atomic E-state index is 10.8. The smallest absolute Gasteiger partial charge is 0.167 e. The molecular formula is C28H32N8O3. The summed E-state index contributed by atoms with van der Waals surface area (Å²) in [6, 6.07) is 6.83. The summed E-state index contributed by atoms with van der Waals surface area (Å²) in [5.74, 6) is 1.94. The molecule has 5 N–H and O–H groups in total. The summed E-state index contributed by atoms with van der Waals surface area (Å²) in [5, 5.41) is 21.5. The third kappa shape index (κ3) is 4.31. The van der Waals surface area contributed by atoms with Crippen molar-refractivity contribution >= 4 is 33.6 Å². The van der Waals surface area contributed by atoms with E-state index in [2.05, 4.69) is 68.3 Å². The standard InChI is InChI=1S/C28H32N8O3/c1-35(12-21-24(37)25(38)28(39-21)36-14-32-23-26(29)30-13-31-27(23)36)18-9-15(10-18)5-8-22-33-19-7-6-17(11-20(19)34-22)16-3-2-4-16/h2-4,6-7,11,13-15,18,21,24-25,28,37-38H,5,8-10,12H2,1H3,(H,33,34)(H2,29,30,31)/t15?,18?,21-,24-,25-,28-/m1/s1. The minimum absolute atomic E-state index is 0.261. The number of aromatic amines is 1. The van der Waals surface area contributed by atoms with Gasteiger partial charge in [0.2, 0.25) is 0 Å². The number of nitrogens with one attached hydrogen (secondary N) is 1. The van der Waals surface area contributed by atoms with Crippen LogP contribution < -0.4 is 5.73 Å². The van der Waals surface area contributed by atoms with E-state index in [9.17, 15) is 10.2 Å². The van der Waals surface area contributed by atoms with Crippen molar-refractivity contribution in [3.05, 3.63) is 60.5 Å². The minimum Gasteiger partial charge on any atom is -0.387 e. The van der Waals surface area contributed by atoms with E-state index in [0.29, 0.717) is 29.7 Å². The Morgan fingerprint density at radius 2 is 2.03 bits per heavy atom. The summed E-state index contributed by atoms with van der Waals surface area (Å²) < 4.78 is 7.74. The van der Waals surface area contributed by atoms with E-state index in [0.717, 1.165) is 42.5 Å². The van der Waals surface area contributed by atoms with E-state index in [1.165, 1.54) is 23.8 Å². The number of ether oxygens (including phenoxy) is 1. The van der Waals surface area contributed by atoms with Gasteiger partial charge in [-0.05, 0) is 55.5 Å². The van der Waals surface area contributed by atoms with E-state index in [-0.39, 0.29) is 5.82 Å². The lowest BCUT2D eigenvalue weighted by atomic mass is 9.76. The first kappa shape index (κ1) is 24.4. The van der Waals surface area contributed by atoms with Gasteiger partial charge in [0.05, 0.1) is 17.4 Å². The molecule has 202 valence electrons. The molecule has 0 bridgehead atoms. The Labute approximate surface area is 225 Å². The number of aliphatic hydroxyl groups is 2. The first-order chi connectivity index (χ1) is 18.9. The number of nitrogen functional groups attached to an aromatic ring is 1. The van der Waals surface area contributed by atoms with Crippen molar-refractivity contribution in [3.63, 3.8) is 0 Å². The molecule has 0 spiro atoms. The second kappa shape index (κ2) is 9.53. The Hall–Kier alpha value is -3.64. The molecule has 1 aromatic carbocycles. The zero-order valence-electron chi connectivity index (χ0n) is 21.7. The number of aryl methyl sites for hydroxylation is 1. The molecule has 39 heavy (non-hydrogen) atoms. The van der Waals surface area contributed by atoms with Gasteiger partial charge in [-0.3, -0.25) is 4.57 Å². The van der Waals surface area contributed by atoms with Gasteiger partial charge in [0, 0.05) is 19.0 Å². The molecule has 0 amide bonds. The lowest BCUT2D eigenvalue weighted by molar-refractivity contribution is -0.0514. The number of benzene rings is 1. The molecule has 0 radical (unpaired) electrons. The number of anilines is 1. The maximum atomic E-state index is 10.8. The molecule has 7 rings (SSSR count). The Morgan fingerprint density at radius 3 is 2.82 bits per heavy atom. The number of hydrogen-bond acceptors (Lipinski definition) is 9. The van der Waals surface area contributed by atoms with Crippen molar-refractivity contribution in [3.8, 4) is 0 Å². The molecule has 11 nitrogen and oxygen atoms in total. The van der Waals surface area contributed by atoms with Crippen LogP contribution in [0.4, 0.5) is 5.82 Å². The molecule has 1 aliphatic heterocycles. The second-order valence-corrected chi connectivity index (χ2v) is 11.0. The summed E-state index contributed by atoms with van der Waals surface area (Å²) in [6.45, 7) is 0.521. The van der Waals surface area contributed by atoms with Crippen LogP contribution in [0.1, 0.15) is 36.9 Å². The highest BCUT2D eigenvalue weighted by Crippen LogP contribution is 2.37. The second-order valence-electron chi connectivity index (χ2n) is 11.0. The molecule has 11 heteroatoms. The van der Waals surface area contributed by atoms with Crippen LogP contribution in [0, 0.1) is 5.92 Å². The average Bonchev–Trinajstić information content (AvgIpc) is 3.54. The minimum atomic E-state index is -1.10. The highest BCUT2D eigenvalue weighted by Gasteiger charge is 2.45. The first-order valence-corrected chi connectivity index (χ1v) is 13.5. The number of rotatable bonds is 8. The van der Waals surface area contributed by atoms with Gasteiger partial charge in [0.25, 0.3) is 0 Å². The van der Waals surface area contributed by atoms with Crippen molar-refractivity contribution in [1.82, 2.24) is 34.4 Å². The highest BCUT2D eigenvalue weighted by atomic mass is 16.6. The monoisotopic (exact) mass is 528 g/mol. The van der Waals surface area contributed by atoms with Crippen LogP contribution in [0.15, 0.2) is 49.1 Å². The normalized spacial score (nSPS) is 28.3. The van der Waals surface area contributed by atoms with Gasteiger partial charge in [0.1, 0.15) is 36.0 Å². The van der Waals surface area contributed by atoms with Crippen LogP contribution in [0.3, 0.4) is 0 Å². The van der Waals surface area contributed by atoms with Gasteiger partial charge < -0.3 is 30.6 Å². The molecule has 1 saturated heterocycles. The van der Waals surface area contributed by atoms with Crippen LogP contribution >= 0.6 is 0 Å². The Balaban J connectivity index is 0.919. The van der Waals surface area contributed by atoms with Gasteiger partial charge in [0.15, 0.2) is 17.7 Å². The zero-order chi connectivity index (χ0) is 26.7. The first-order valence-electron chi connectivity index (χ1n) is 13.5. The van der Waals surface area contributed by atoms with Crippen molar-refractivity contribution in [2.75, 3.05) is 19.3 Å². The highest BCUT2D eigenvalue weighted by molar-refractivity contribution is 5.87. The number of likely N-dealkylation sites (N-methyl/N-ethyl adjacent to an activating group) is 1. The lowest BCUT2D eigenvalue weighted by Crippen LogP contribution is -2.47. The van der Waals surface area contributed by atoms with Gasteiger partial charge >= 0.3 is 0 Å². The predicted molar refractivity (Wildman–Crippen MR) is 146 cm³/mol. The summed E-state index contributed by atoms with van der Waals surface area (Å²) in [7, 11) is 2.06. The van der Waals surface area contributed by atoms with Crippen LogP contribution in [0.5, 0.6) is 0 Å². The summed E-state index contributed by atoms with van der Waals surface area (Å²) in [4.78, 5) is 23.0. The van der Waals surface area contributed by atoms with Gasteiger partial charge in [-0.1, -0.05) is 24.3 Å². The van der Waals surface area contributed by atoms with Crippen molar-refractivity contribution in [2.45, 2.75) is 56.3 Å².